The van der Waals surface area contributed by atoms with Crippen molar-refractivity contribution >= 4 is 17.7 Å². The van der Waals surface area contributed by atoms with Crippen LogP contribution in [0.2, 0.25) is 0 Å². The number of hydrogen-bond donors (Lipinski definition) is 2. The second-order valence-corrected chi connectivity index (χ2v) is 7.38. The van der Waals surface area contributed by atoms with E-state index in [0.717, 1.165) is 19.6 Å². The lowest BCUT2D eigenvalue weighted by atomic mass is 10.1. The van der Waals surface area contributed by atoms with Gasteiger partial charge < -0.3 is 15.5 Å². The molecular formula is C15H29N3OS. The minimum absolute atomic E-state index is 0.207. The third-order valence-electron chi connectivity index (χ3n) is 4.12. The number of carbonyl (C=O) groups excluding carboxylic acids is 1. The number of hydrogen-bond acceptors (Lipinski definition) is 4. The summed E-state index contributed by atoms with van der Waals surface area (Å²) in [5.74, 6) is 0.827. The van der Waals surface area contributed by atoms with Crippen molar-refractivity contribution in [2.75, 3.05) is 38.5 Å². The number of carbonyl (C=O) groups is 1. The second-order valence-electron chi connectivity index (χ2n) is 6.09. The van der Waals surface area contributed by atoms with Gasteiger partial charge in [-0.25, -0.2) is 0 Å². The number of likely N-dealkylation sites (tertiary alicyclic amines) is 1. The van der Waals surface area contributed by atoms with Crippen LogP contribution in [0, 0.1) is 0 Å². The van der Waals surface area contributed by atoms with E-state index in [1.807, 2.05) is 11.8 Å². The van der Waals surface area contributed by atoms with Gasteiger partial charge in [-0.1, -0.05) is 6.42 Å². The molecule has 2 fully saturated rings. The average molecular weight is 299 g/mol. The molecule has 0 radical (unpaired) electrons. The van der Waals surface area contributed by atoms with E-state index in [1.54, 1.807) is 0 Å². The Balaban J connectivity index is 1.57. The zero-order valence-corrected chi connectivity index (χ0v) is 13.5. The Labute approximate surface area is 127 Å². The van der Waals surface area contributed by atoms with Crippen LogP contribution < -0.4 is 10.6 Å². The highest BCUT2D eigenvalue weighted by Gasteiger charge is 2.17. The highest BCUT2D eigenvalue weighted by Crippen LogP contribution is 2.19. The maximum absolute atomic E-state index is 12.0. The van der Waals surface area contributed by atoms with Crippen LogP contribution in [-0.4, -0.2) is 60.6 Å². The fourth-order valence-electron chi connectivity index (χ4n) is 3.05. The van der Waals surface area contributed by atoms with E-state index in [0.29, 0.717) is 11.0 Å². The van der Waals surface area contributed by atoms with Gasteiger partial charge in [0.05, 0.1) is 5.75 Å². The minimum Gasteiger partial charge on any atom is -0.352 e. The summed E-state index contributed by atoms with van der Waals surface area (Å²) in [5, 5.41) is 7.18. The predicted octanol–water partition coefficient (Wildman–Crippen LogP) is 1.46. The van der Waals surface area contributed by atoms with Gasteiger partial charge in [0.2, 0.25) is 5.91 Å². The van der Waals surface area contributed by atoms with Gasteiger partial charge in [0, 0.05) is 17.8 Å². The summed E-state index contributed by atoms with van der Waals surface area (Å²) in [4.78, 5) is 14.5. The quantitative estimate of drug-likeness (QED) is 0.779. The van der Waals surface area contributed by atoms with Crippen molar-refractivity contribution in [1.82, 2.24) is 15.5 Å². The largest absolute Gasteiger partial charge is 0.352 e. The summed E-state index contributed by atoms with van der Waals surface area (Å²) in [6, 6.07) is 0.272. The lowest BCUT2D eigenvalue weighted by Gasteiger charge is -2.29. The smallest absolute Gasteiger partial charge is 0.230 e. The number of rotatable bonds is 6. The van der Waals surface area contributed by atoms with Crippen LogP contribution in [-0.2, 0) is 4.79 Å². The van der Waals surface area contributed by atoms with Crippen molar-refractivity contribution in [1.29, 1.82) is 0 Å². The van der Waals surface area contributed by atoms with Crippen LogP contribution in [0.4, 0.5) is 0 Å². The van der Waals surface area contributed by atoms with Crippen LogP contribution in [0.25, 0.3) is 0 Å². The summed E-state index contributed by atoms with van der Waals surface area (Å²) >= 11 is 1.83. The van der Waals surface area contributed by atoms with E-state index in [4.69, 9.17) is 0 Å². The molecule has 1 atom stereocenters. The maximum atomic E-state index is 12.0. The van der Waals surface area contributed by atoms with Gasteiger partial charge in [-0.15, -0.1) is 11.8 Å². The van der Waals surface area contributed by atoms with Crippen molar-refractivity contribution in [3.63, 3.8) is 0 Å². The van der Waals surface area contributed by atoms with Crippen molar-refractivity contribution < 1.29 is 4.79 Å². The highest BCUT2D eigenvalue weighted by atomic mass is 32.2. The monoisotopic (exact) mass is 299 g/mol. The molecule has 5 heteroatoms. The van der Waals surface area contributed by atoms with Gasteiger partial charge in [-0.05, 0) is 58.8 Å². The number of nitrogens with one attached hydrogen (secondary N) is 2. The Morgan fingerprint density at radius 2 is 2.00 bits per heavy atom. The fraction of sp³-hybridized carbons (Fsp3) is 0.933. The molecule has 2 rings (SSSR count). The van der Waals surface area contributed by atoms with Crippen molar-refractivity contribution in [3.8, 4) is 0 Å². The lowest BCUT2D eigenvalue weighted by molar-refractivity contribution is -0.119. The summed E-state index contributed by atoms with van der Waals surface area (Å²) in [6.45, 7) is 7.73. The Morgan fingerprint density at radius 1 is 1.30 bits per heavy atom. The molecule has 1 unspecified atom stereocenters. The molecule has 0 aromatic carbocycles. The average Bonchev–Trinajstić information content (AvgIpc) is 2.47. The molecule has 2 N–H and O–H groups in total. The number of thioether (sulfide) groups is 1. The van der Waals surface area contributed by atoms with E-state index < -0.39 is 0 Å². The Bertz CT molecular complexity index is 289. The van der Waals surface area contributed by atoms with Crippen LogP contribution >= 0.6 is 11.8 Å². The molecular weight excluding hydrogens is 270 g/mol. The van der Waals surface area contributed by atoms with Crippen LogP contribution in [0.15, 0.2) is 0 Å². The molecule has 2 saturated heterocycles. The molecule has 0 aromatic heterocycles. The minimum atomic E-state index is 0.207. The Kier molecular flexibility index (Phi) is 7.17. The maximum Gasteiger partial charge on any atom is 0.230 e. The fourth-order valence-corrected chi connectivity index (χ4v) is 4.09. The van der Waals surface area contributed by atoms with Crippen LogP contribution in [0.5, 0.6) is 0 Å². The molecule has 0 spiro atoms. The van der Waals surface area contributed by atoms with E-state index in [2.05, 4.69) is 22.5 Å². The molecule has 2 aliphatic heterocycles. The molecule has 20 heavy (non-hydrogen) atoms. The molecule has 0 saturated carbocycles. The third kappa shape index (κ3) is 6.02. The number of nitrogens with zero attached hydrogens (tertiary/aromatic N) is 1. The summed E-state index contributed by atoms with van der Waals surface area (Å²) in [6.07, 6.45) is 6.38. The number of amides is 1. The van der Waals surface area contributed by atoms with E-state index >= 15 is 0 Å². The van der Waals surface area contributed by atoms with Gasteiger partial charge >= 0.3 is 0 Å². The van der Waals surface area contributed by atoms with Gasteiger partial charge in [0.25, 0.3) is 0 Å². The molecule has 0 bridgehead atoms. The lowest BCUT2D eigenvalue weighted by Crippen LogP contribution is -2.44. The molecule has 116 valence electrons. The Morgan fingerprint density at radius 3 is 2.70 bits per heavy atom. The van der Waals surface area contributed by atoms with Gasteiger partial charge in [-0.3, -0.25) is 4.79 Å². The van der Waals surface area contributed by atoms with Gasteiger partial charge in [0.15, 0.2) is 0 Å². The summed E-state index contributed by atoms with van der Waals surface area (Å²) in [5.41, 5.74) is 0. The van der Waals surface area contributed by atoms with Crippen molar-refractivity contribution in [3.05, 3.63) is 0 Å². The summed E-state index contributed by atoms with van der Waals surface area (Å²) in [7, 11) is 0. The zero-order valence-electron chi connectivity index (χ0n) is 12.7. The normalized spacial score (nSPS) is 23.4. The molecule has 0 aliphatic carbocycles. The van der Waals surface area contributed by atoms with Crippen LogP contribution in [0.3, 0.4) is 0 Å². The first-order valence-corrected chi connectivity index (χ1v) is 9.13. The van der Waals surface area contributed by atoms with E-state index in [9.17, 15) is 4.79 Å². The third-order valence-corrected chi connectivity index (χ3v) is 5.50. The summed E-state index contributed by atoms with van der Waals surface area (Å²) < 4.78 is 0. The first-order chi connectivity index (χ1) is 9.74. The predicted molar refractivity (Wildman–Crippen MR) is 86.2 cm³/mol. The molecule has 1 amide bonds. The zero-order chi connectivity index (χ0) is 14.2. The van der Waals surface area contributed by atoms with E-state index in [1.165, 1.54) is 45.2 Å². The standard InChI is InChI=1S/C15H29N3OS/c1-13(11-18-9-3-2-4-10-18)17-15(19)12-20-14-5-7-16-8-6-14/h13-14,16H,2-12H2,1H3,(H,17,19). The topological polar surface area (TPSA) is 44.4 Å². The van der Waals surface area contributed by atoms with Crippen molar-refractivity contribution in [2.24, 2.45) is 0 Å². The molecule has 2 heterocycles. The first kappa shape index (κ1) is 16.1. The van der Waals surface area contributed by atoms with Crippen molar-refractivity contribution in [2.45, 2.75) is 50.3 Å². The number of piperidine rings is 2. The second kappa shape index (κ2) is 8.90. The van der Waals surface area contributed by atoms with Gasteiger partial charge in [0.1, 0.15) is 0 Å². The molecule has 4 nitrogen and oxygen atoms in total. The highest BCUT2D eigenvalue weighted by molar-refractivity contribution is 8.00. The Hall–Kier alpha value is -0.260. The SMILES string of the molecule is CC(CN1CCCCC1)NC(=O)CSC1CCNCC1. The molecule has 0 aromatic rings. The van der Waals surface area contributed by atoms with Gasteiger partial charge in [-0.2, -0.15) is 0 Å². The van der Waals surface area contributed by atoms with E-state index in [-0.39, 0.29) is 11.9 Å². The van der Waals surface area contributed by atoms with Crippen LogP contribution in [0.1, 0.15) is 39.0 Å². The molecule has 2 aliphatic rings. The first-order valence-electron chi connectivity index (χ1n) is 8.08.